The molecule has 0 saturated carbocycles. The van der Waals surface area contributed by atoms with E-state index < -0.39 is 5.54 Å². The zero-order chi connectivity index (χ0) is 14.8. The molecule has 0 unspecified atom stereocenters. The van der Waals surface area contributed by atoms with Gasteiger partial charge in [0.2, 0.25) is 5.71 Å². The Morgan fingerprint density at radius 3 is 1.90 bits per heavy atom. The summed E-state index contributed by atoms with van der Waals surface area (Å²) in [5.74, 6) is 0. The highest BCUT2D eigenvalue weighted by Crippen LogP contribution is 2.18. The fraction of sp³-hybridized carbons (Fsp3) is 0.235. The molecule has 0 N–H and O–H groups in total. The van der Waals surface area contributed by atoms with Gasteiger partial charge in [-0.1, -0.05) is 29.8 Å². The van der Waals surface area contributed by atoms with Gasteiger partial charge in [-0.25, -0.2) is 0 Å². The molecule has 0 fully saturated rings. The number of nitrogens with zero attached hydrogens (tertiary/aromatic N) is 1. The van der Waals surface area contributed by atoms with E-state index in [0.29, 0.717) is 10.7 Å². The van der Waals surface area contributed by atoms with Crippen molar-refractivity contribution in [3.8, 4) is 0 Å². The quantitative estimate of drug-likeness (QED) is 0.346. The Bertz CT molecular complexity index is 610. The number of halogens is 1. The molecular weight excluding hydrogens is 270 g/mol. The summed E-state index contributed by atoms with van der Waals surface area (Å²) >= 11 is 5.93. The maximum absolute atomic E-state index is 12.7. The lowest BCUT2D eigenvalue weighted by Crippen LogP contribution is -2.34. The van der Waals surface area contributed by atoms with Crippen molar-refractivity contribution in [1.82, 2.24) is 0 Å². The predicted octanol–water partition coefficient (Wildman–Crippen LogP) is 4.49. The van der Waals surface area contributed by atoms with Crippen LogP contribution in [0.5, 0.6) is 0 Å². The molecule has 0 heterocycles. The van der Waals surface area contributed by atoms with Crippen LogP contribution in [0.15, 0.2) is 54.6 Å². The molecule has 2 nitrogen and oxygen atoms in total. The molecule has 0 saturated heterocycles. The standard InChI is InChI=1S/C17H18ClNO/c1-17(2,3)19(20)16(13-7-5-4-6-8-13)14-9-11-15(18)12-10-14/h4-12H,1-3H3/b19-16-. The molecule has 20 heavy (non-hydrogen) atoms. The van der Waals surface area contributed by atoms with E-state index in [1.807, 2.05) is 63.2 Å². The van der Waals surface area contributed by atoms with Crippen molar-refractivity contribution in [2.24, 2.45) is 0 Å². The molecular formula is C17H18ClNO. The van der Waals surface area contributed by atoms with Gasteiger partial charge in [0, 0.05) is 36.9 Å². The summed E-state index contributed by atoms with van der Waals surface area (Å²) in [5, 5.41) is 13.4. The third-order valence-corrected chi connectivity index (χ3v) is 3.23. The Hall–Kier alpha value is -1.80. The van der Waals surface area contributed by atoms with Crippen LogP contribution in [0.4, 0.5) is 0 Å². The molecule has 0 aromatic heterocycles. The predicted molar refractivity (Wildman–Crippen MR) is 84.5 cm³/mol. The number of hydroxylamine groups is 1. The van der Waals surface area contributed by atoms with Crippen molar-refractivity contribution in [2.75, 3.05) is 0 Å². The van der Waals surface area contributed by atoms with E-state index in [9.17, 15) is 5.21 Å². The number of benzene rings is 2. The van der Waals surface area contributed by atoms with Crippen molar-refractivity contribution in [2.45, 2.75) is 26.3 Å². The summed E-state index contributed by atoms with van der Waals surface area (Å²) in [7, 11) is 0. The summed E-state index contributed by atoms with van der Waals surface area (Å²) in [6.07, 6.45) is 0. The number of rotatable bonds is 2. The molecule has 0 amide bonds. The van der Waals surface area contributed by atoms with Crippen LogP contribution < -0.4 is 0 Å². The van der Waals surface area contributed by atoms with Gasteiger partial charge in [-0.2, -0.15) is 4.74 Å². The van der Waals surface area contributed by atoms with Crippen LogP contribution in [0.1, 0.15) is 31.9 Å². The first kappa shape index (κ1) is 14.6. The minimum atomic E-state index is -0.509. The zero-order valence-corrected chi connectivity index (χ0v) is 12.7. The molecule has 0 atom stereocenters. The van der Waals surface area contributed by atoms with E-state index >= 15 is 0 Å². The minimum absolute atomic E-state index is 0.509. The number of hydrogen-bond donors (Lipinski definition) is 0. The summed E-state index contributed by atoms with van der Waals surface area (Å²) in [6, 6.07) is 17.1. The topological polar surface area (TPSA) is 26.1 Å². The first-order valence-corrected chi connectivity index (χ1v) is 6.93. The van der Waals surface area contributed by atoms with Crippen LogP contribution >= 0.6 is 11.6 Å². The molecule has 0 aliphatic carbocycles. The summed E-state index contributed by atoms with van der Waals surface area (Å²) in [5.41, 5.74) is 1.92. The first-order chi connectivity index (χ1) is 9.39. The molecule has 0 radical (unpaired) electrons. The SMILES string of the molecule is CC(C)(C)/[N+]([O-])=C(\c1ccccc1)c1ccc(Cl)cc1. The Labute approximate surface area is 124 Å². The average molecular weight is 288 g/mol. The zero-order valence-electron chi connectivity index (χ0n) is 11.9. The van der Waals surface area contributed by atoms with E-state index in [1.54, 1.807) is 12.1 Å². The van der Waals surface area contributed by atoms with Crippen LogP contribution in [-0.4, -0.2) is 16.0 Å². The third-order valence-electron chi connectivity index (χ3n) is 2.98. The smallest absolute Gasteiger partial charge is 0.226 e. The van der Waals surface area contributed by atoms with E-state index in [-0.39, 0.29) is 0 Å². The highest BCUT2D eigenvalue weighted by Gasteiger charge is 2.25. The van der Waals surface area contributed by atoms with Gasteiger partial charge in [0.05, 0.1) is 0 Å². The highest BCUT2D eigenvalue weighted by atomic mass is 35.5. The van der Waals surface area contributed by atoms with Gasteiger partial charge < -0.3 is 5.21 Å². The molecule has 0 aliphatic heterocycles. The maximum atomic E-state index is 12.7. The Morgan fingerprint density at radius 2 is 1.40 bits per heavy atom. The second-order valence-electron chi connectivity index (χ2n) is 5.69. The van der Waals surface area contributed by atoms with Crippen LogP contribution in [0.2, 0.25) is 5.02 Å². The van der Waals surface area contributed by atoms with E-state index in [1.165, 1.54) is 0 Å². The van der Waals surface area contributed by atoms with Gasteiger partial charge in [-0.3, -0.25) is 0 Å². The fourth-order valence-electron chi connectivity index (χ4n) is 1.94. The van der Waals surface area contributed by atoms with E-state index in [0.717, 1.165) is 15.9 Å². The second kappa shape index (κ2) is 5.68. The largest absolute Gasteiger partial charge is 0.623 e. The van der Waals surface area contributed by atoms with Gasteiger partial charge >= 0.3 is 0 Å². The lowest BCUT2D eigenvalue weighted by atomic mass is 10.00. The lowest BCUT2D eigenvalue weighted by Gasteiger charge is -2.23. The highest BCUT2D eigenvalue weighted by molar-refractivity contribution is 6.30. The van der Waals surface area contributed by atoms with Crippen LogP contribution in [0.3, 0.4) is 0 Å². The maximum Gasteiger partial charge on any atom is 0.226 e. The van der Waals surface area contributed by atoms with Crippen LogP contribution in [-0.2, 0) is 0 Å². The third kappa shape index (κ3) is 3.20. The number of hydrogen-bond acceptors (Lipinski definition) is 1. The summed E-state index contributed by atoms with van der Waals surface area (Å²) in [4.78, 5) is 0. The lowest BCUT2D eigenvalue weighted by molar-refractivity contribution is -0.534. The van der Waals surface area contributed by atoms with E-state index in [2.05, 4.69) is 0 Å². The molecule has 3 heteroatoms. The monoisotopic (exact) mass is 287 g/mol. The van der Waals surface area contributed by atoms with Crippen molar-refractivity contribution in [1.29, 1.82) is 0 Å². The Morgan fingerprint density at radius 1 is 0.900 bits per heavy atom. The van der Waals surface area contributed by atoms with Gasteiger partial charge in [0.1, 0.15) is 0 Å². The second-order valence-corrected chi connectivity index (χ2v) is 6.12. The molecule has 0 bridgehead atoms. The van der Waals surface area contributed by atoms with Crippen molar-refractivity contribution < 1.29 is 4.74 Å². The molecule has 2 rings (SSSR count). The normalized spacial score (nSPS) is 13.0. The van der Waals surface area contributed by atoms with Crippen molar-refractivity contribution in [3.63, 3.8) is 0 Å². The van der Waals surface area contributed by atoms with Gasteiger partial charge in [-0.05, 0) is 36.4 Å². The van der Waals surface area contributed by atoms with Crippen LogP contribution in [0, 0.1) is 5.21 Å². The molecule has 2 aromatic rings. The van der Waals surface area contributed by atoms with Crippen LogP contribution in [0.25, 0.3) is 0 Å². The van der Waals surface area contributed by atoms with Gasteiger partial charge in [-0.15, -0.1) is 0 Å². The molecule has 2 aromatic carbocycles. The van der Waals surface area contributed by atoms with E-state index in [4.69, 9.17) is 11.6 Å². The van der Waals surface area contributed by atoms with Gasteiger partial charge in [0.15, 0.2) is 5.54 Å². The molecule has 0 spiro atoms. The van der Waals surface area contributed by atoms with Gasteiger partial charge in [0.25, 0.3) is 0 Å². The molecule has 104 valence electrons. The van der Waals surface area contributed by atoms with Crippen molar-refractivity contribution in [3.05, 3.63) is 76.0 Å². The summed E-state index contributed by atoms with van der Waals surface area (Å²) in [6.45, 7) is 5.70. The minimum Gasteiger partial charge on any atom is -0.623 e. The Balaban J connectivity index is 2.65. The average Bonchev–Trinajstić information content (AvgIpc) is 2.41. The first-order valence-electron chi connectivity index (χ1n) is 6.55. The molecule has 0 aliphatic rings. The Kier molecular flexibility index (Phi) is 4.15. The summed E-state index contributed by atoms with van der Waals surface area (Å²) < 4.78 is 1.06. The fourth-order valence-corrected chi connectivity index (χ4v) is 2.07. The van der Waals surface area contributed by atoms with Crippen molar-refractivity contribution >= 4 is 17.3 Å².